The first-order valence-corrected chi connectivity index (χ1v) is 7.55. The first kappa shape index (κ1) is 17.7. The molecule has 0 saturated heterocycles. The molecule has 4 nitrogen and oxygen atoms in total. The summed E-state index contributed by atoms with van der Waals surface area (Å²) in [6.45, 7) is 2.42. The molecule has 0 amide bonds. The topological polar surface area (TPSA) is 58.6 Å². The fourth-order valence-electron chi connectivity index (χ4n) is 2.10. The second kappa shape index (κ2) is 8.82. The number of thioether (sulfide) groups is 1. The van der Waals surface area contributed by atoms with Crippen LogP contribution < -0.4 is 44.1 Å². The van der Waals surface area contributed by atoms with Crippen LogP contribution in [0.15, 0.2) is 12.1 Å². The third kappa shape index (κ3) is 4.88. The number of carbonyl (C=O) groups is 1. The zero-order chi connectivity index (χ0) is 13.7. The van der Waals surface area contributed by atoms with Crippen LogP contribution in [0.2, 0.25) is 0 Å². The van der Waals surface area contributed by atoms with Crippen LogP contribution in [0, 0.1) is 0 Å². The van der Waals surface area contributed by atoms with Gasteiger partial charge in [-0.15, -0.1) is 0 Å². The van der Waals surface area contributed by atoms with Crippen molar-refractivity contribution in [1.29, 1.82) is 0 Å². The van der Waals surface area contributed by atoms with E-state index >= 15 is 0 Å². The molecule has 0 saturated carbocycles. The van der Waals surface area contributed by atoms with E-state index in [-0.39, 0.29) is 42.1 Å². The Balaban J connectivity index is 0.00000200. The molecule has 0 spiro atoms. The summed E-state index contributed by atoms with van der Waals surface area (Å²) in [6.07, 6.45) is 2.90. The maximum atomic E-state index is 10.4. The van der Waals surface area contributed by atoms with Gasteiger partial charge in [0.1, 0.15) is 0 Å². The predicted molar refractivity (Wildman–Crippen MR) is 72.6 cm³/mol. The van der Waals surface area contributed by atoms with E-state index in [0.717, 1.165) is 36.5 Å². The summed E-state index contributed by atoms with van der Waals surface area (Å²) in [5.74, 6) is 1.41. The van der Waals surface area contributed by atoms with E-state index in [1.165, 1.54) is 22.9 Å². The van der Waals surface area contributed by atoms with Gasteiger partial charge in [0, 0.05) is 5.75 Å². The molecule has 0 fully saturated rings. The van der Waals surface area contributed by atoms with Crippen LogP contribution in [0.5, 0.6) is 11.5 Å². The molecule has 0 aliphatic carbocycles. The molecule has 0 aromatic heterocycles. The Morgan fingerprint density at radius 2 is 1.85 bits per heavy atom. The average molecular weight is 304 g/mol. The normalized spacial score (nSPS) is 12.1. The molecule has 1 aliphatic heterocycles. The Hall–Kier alpha value is -0.360. The minimum absolute atomic E-state index is 0. The van der Waals surface area contributed by atoms with Gasteiger partial charge in [0.15, 0.2) is 11.5 Å². The summed E-state index contributed by atoms with van der Waals surface area (Å²) in [6, 6.07) is 4.07. The molecule has 20 heavy (non-hydrogen) atoms. The third-order valence-corrected chi connectivity index (χ3v) is 3.88. The van der Waals surface area contributed by atoms with Crippen molar-refractivity contribution in [3.8, 4) is 11.5 Å². The van der Waals surface area contributed by atoms with Gasteiger partial charge >= 0.3 is 29.6 Å². The molecular weight excluding hydrogens is 287 g/mol. The molecule has 0 unspecified atom stereocenters. The van der Waals surface area contributed by atoms with Gasteiger partial charge in [0.2, 0.25) is 6.79 Å². The zero-order valence-electron chi connectivity index (χ0n) is 11.9. The summed E-state index contributed by atoms with van der Waals surface area (Å²) in [7, 11) is 0. The maximum Gasteiger partial charge on any atom is 1.00 e. The Kier molecular flexibility index (Phi) is 7.80. The monoisotopic (exact) mass is 304 g/mol. The first-order chi connectivity index (χ1) is 9.20. The van der Waals surface area contributed by atoms with E-state index < -0.39 is 5.97 Å². The van der Waals surface area contributed by atoms with Gasteiger partial charge in [-0.1, -0.05) is 13.3 Å². The summed E-state index contributed by atoms with van der Waals surface area (Å²) in [4.78, 5) is 10.4. The van der Waals surface area contributed by atoms with E-state index in [4.69, 9.17) is 9.47 Å². The van der Waals surface area contributed by atoms with Crippen molar-refractivity contribution in [3.05, 3.63) is 23.3 Å². The van der Waals surface area contributed by atoms with Gasteiger partial charge in [0.05, 0.1) is 5.97 Å². The third-order valence-electron chi connectivity index (χ3n) is 2.95. The van der Waals surface area contributed by atoms with Crippen LogP contribution in [0.1, 0.15) is 24.5 Å². The number of fused-ring (bicyclic) bond motifs is 1. The molecule has 0 radical (unpaired) electrons. The quantitative estimate of drug-likeness (QED) is 0.448. The Labute approximate surface area is 145 Å². The number of carboxylic acid groups (broad SMARTS) is 1. The number of rotatable bonds is 7. The van der Waals surface area contributed by atoms with Crippen molar-refractivity contribution in [2.45, 2.75) is 26.2 Å². The molecule has 1 aliphatic rings. The Morgan fingerprint density at radius 1 is 1.25 bits per heavy atom. The van der Waals surface area contributed by atoms with Gasteiger partial charge in [-0.3, -0.25) is 0 Å². The van der Waals surface area contributed by atoms with Crippen LogP contribution in [0.4, 0.5) is 0 Å². The molecule has 6 heteroatoms. The van der Waals surface area contributed by atoms with Gasteiger partial charge in [-0.25, -0.2) is 0 Å². The van der Waals surface area contributed by atoms with Crippen LogP contribution in [0.3, 0.4) is 0 Å². The molecular formula is C14H17NaO4S. The minimum atomic E-state index is -1.01. The largest absolute Gasteiger partial charge is 1.00 e. The summed E-state index contributed by atoms with van der Waals surface area (Å²) in [5.41, 5.74) is 2.48. The number of aliphatic carboxylic acids is 1. The Bertz CT molecular complexity index is 465. The van der Waals surface area contributed by atoms with Crippen molar-refractivity contribution < 1.29 is 48.9 Å². The van der Waals surface area contributed by atoms with Crippen molar-refractivity contribution >= 4 is 17.7 Å². The van der Waals surface area contributed by atoms with Crippen LogP contribution in [-0.4, -0.2) is 24.3 Å². The standard InChI is InChI=1S/C14H18O4S.Na/c1-2-3-10-6-12-13(18-9-17-12)7-11(10)4-5-19-8-14(15)16;/h6-7H,2-5,8-9H2,1H3,(H,15,16);/q;+1/p-1. The second-order valence-electron chi connectivity index (χ2n) is 4.40. The minimum Gasteiger partial charge on any atom is -0.549 e. The van der Waals surface area contributed by atoms with Crippen molar-refractivity contribution in [1.82, 2.24) is 0 Å². The summed E-state index contributed by atoms with van der Waals surface area (Å²) in [5, 5.41) is 10.4. The number of carboxylic acids is 1. The van der Waals surface area contributed by atoms with E-state index in [2.05, 4.69) is 6.92 Å². The molecule has 104 valence electrons. The SMILES string of the molecule is CCCc1cc2c(cc1CCSCC(=O)[O-])OCO2.[Na+]. The van der Waals surface area contributed by atoms with Gasteiger partial charge in [0.25, 0.3) is 0 Å². The van der Waals surface area contributed by atoms with Gasteiger partial charge in [-0.2, -0.15) is 11.8 Å². The second-order valence-corrected chi connectivity index (χ2v) is 5.50. The van der Waals surface area contributed by atoms with Gasteiger partial charge < -0.3 is 19.4 Å². The molecule has 2 rings (SSSR count). The Morgan fingerprint density at radius 3 is 2.40 bits per heavy atom. The first-order valence-electron chi connectivity index (χ1n) is 6.39. The smallest absolute Gasteiger partial charge is 0.549 e. The average Bonchev–Trinajstić information content (AvgIpc) is 2.81. The molecule has 0 atom stereocenters. The number of aryl methyl sites for hydroxylation is 2. The fraction of sp³-hybridized carbons (Fsp3) is 0.500. The van der Waals surface area contributed by atoms with E-state index in [1.807, 2.05) is 12.1 Å². The van der Waals surface area contributed by atoms with Gasteiger partial charge in [-0.05, 0) is 41.9 Å². The van der Waals surface area contributed by atoms with E-state index in [1.54, 1.807) is 0 Å². The number of benzene rings is 1. The molecule has 1 aromatic carbocycles. The van der Waals surface area contributed by atoms with Crippen LogP contribution >= 0.6 is 11.8 Å². The summed E-state index contributed by atoms with van der Waals surface area (Å²) >= 11 is 1.38. The van der Waals surface area contributed by atoms with Crippen molar-refractivity contribution in [2.75, 3.05) is 18.3 Å². The molecule has 0 N–H and O–H groups in total. The zero-order valence-corrected chi connectivity index (χ0v) is 14.8. The van der Waals surface area contributed by atoms with E-state index in [9.17, 15) is 9.90 Å². The number of hydrogen-bond donors (Lipinski definition) is 0. The van der Waals surface area contributed by atoms with Crippen molar-refractivity contribution in [2.24, 2.45) is 0 Å². The predicted octanol–water partition coefficient (Wildman–Crippen LogP) is -1.60. The fourth-order valence-corrected chi connectivity index (χ4v) is 2.77. The van der Waals surface area contributed by atoms with Crippen LogP contribution in [-0.2, 0) is 17.6 Å². The molecule has 1 heterocycles. The van der Waals surface area contributed by atoms with Crippen LogP contribution in [0.25, 0.3) is 0 Å². The number of ether oxygens (including phenoxy) is 2. The van der Waals surface area contributed by atoms with E-state index in [0.29, 0.717) is 0 Å². The van der Waals surface area contributed by atoms with Crippen molar-refractivity contribution in [3.63, 3.8) is 0 Å². The summed E-state index contributed by atoms with van der Waals surface area (Å²) < 4.78 is 10.8. The maximum absolute atomic E-state index is 10.4. The number of hydrogen-bond acceptors (Lipinski definition) is 5. The molecule has 1 aromatic rings. The molecule has 0 bridgehead atoms. The number of carbonyl (C=O) groups excluding carboxylic acids is 1.